The summed E-state index contributed by atoms with van der Waals surface area (Å²) in [5, 5.41) is 7.13. The Bertz CT molecular complexity index is 861. The maximum Gasteiger partial charge on any atom is 0.255 e. The molecule has 0 atom stereocenters. The highest BCUT2D eigenvalue weighted by Gasteiger charge is 2.16. The number of carbonyl (C=O) groups excluding carboxylic acids is 1. The number of halogens is 1. The zero-order valence-electron chi connectivity index (χ0n) is 13.6. The van der Waals surface area contributed by atoms with Gasteiger partial charge in [-0.15, -0.1) is 0 Å². The Morgan fingerprint density at radius 3 is 2.58 bits per heavy atom. The molecule has 24 heavy (non-hydrogen) atoms. The highest BCUT2D eigenvalue weighted by molar-refractivity contribution is 9.10. The maximum atomic E-state index is 12.4. The van der Waals surface area contributed by atoms with Crippen LogP contribution in [0.4, 0.5) is 0 Å². The van der Waals surface area contributed by atoms with Gasteiger partial charge in [-0.25, -0.2) is 9.67 Å². The van der Waals surface area contributed by atoms with Crippen molar-refractivity contribution in [3.05, 3.63) is 63.5 Å². The van der Waals surface area contributed by atoms with Gasteiger partial charge in [0.15, 0.2) is 0 Å². The van der Waals surface area contributed by atoms with E-state index in [1.165, 1.54) is 0 Å². The van der Waals surface area contributed by atoms with Gasteiger partial charge in [0.25, 0.3) is 5.91 Å². The van der Waals surface area contributed by atoms with Gasteiger partial charge in [0.2, 0.25) is 5.89 Å². The summed E-state index contributed by atoms with van der Waals surface area (Å²) in [6.07, 6.45) is 1.57. The van der Waals surface area contributed by atoms with Crippen molar-refractivity contribution in [2.45, 2.75) is 27.3 Å². The van der Waals surface area contributed by atoms with Crippen LogP contribution >= 0.6 is 15.9 Å². The van der Waals surface area contributed by atoms with E-state index in [0.29, 0.717) is 11.5 Å². The Hall–Kier alpha value is -2.41. The number of aromatic nitrogens is 3. The highest BCUT2D eigenvalue weighted by Crippen LogP contribution is 2.17. The van der Waals surface area contributed by atoms with Crippen molar-refractivity contribution in [3.8, 4) is 5.69 Å². The Labute approximate surface area is 148 Å². The number of rotatable bonds is 4. The summed E-state index contributed by atoms with van der Waals surface area (Å²) < 4.78 is 8.19. The van der Waals surface area contributed by atoms with Crippen molar-refractivity contribution in [2.75, 3.05) is 0 Å². The Morgan fingerprint density at radius 2 is 1.96 bits per heavy atom. The van der Waals surface area contributed by atoms with E-state index in [1.807, 2.05) is 45.0 Å². The van der Waals surface area contributed by atoms with Crippen molar-refractivity contribution >= 4 is 21.8 Å². The Kier molecular flexibility index (Phi) is 4.53. The topological polar surface area (TPSA) is 73.0 Å². The molecule has 0 aliphatic carbocycles. The summed E-state index contributed by atoms with van der Waals surface area (Å²) in [5.41, 5.74) is 3.03. The van der Waals surface area contributed by atoms with Crippen molar-refractivity contribution in [3.63, 3.8) is 0 Å². The van der Waals surface area contributed by atoms with E-state index in [-0.39, 0.29) is 12.5 Å². The van der Waals surface area contributed by atoms with E-state index in [9.17, 15) is 4.79 Å². The summed E-state index contributed by atoms with van der Waals surface area (Å²) in [5.74, 6) is 1.05. The lowest BCUT2D eigenvalue weighted by Gasteiger charge is -2.06. The second kappa shape index (κ2) is 6.60. The van der Waals surface area contributed by atoms with Crippen LogP contribution in [-0.2, 0) is 6.54 Å². The molecule has 0 saturated heterocycles. The molecule has 7 heteroatoms. The molecule has 2 aromatic heterocycles. The minimum atomic E-state index is -0.204. The average molecular weight is 389 g/mol. The fraction of sp³-hybridized carbons (Fsp3) is 0.235. The first kappa shape index (κ1) is 16.4. The van der Waals surface area contributed by atoms with Gasteiger partial charge < -0.3 is 9.73 Å². The zero-order valence-corrected chi connectivity index (χ0v) is 15.2. The van der Waals surface area contributed by atoms with Crippen LogP contribution in [-0.4, -0.2) is 20.7 Å². The molecule has 0 radical (unpaired) electrons. The SMILES string of the molecule is Cc1nc(CNC(=O)c2cnn(-c3ccc(Br)cc3)c2C)oc1C. The minimum Gasteiger partial charge on any atom is -0.444 e. The fourth-order valence-electron chi connectivity index (χ4n) is 2.34. The molecule has 6 nitrogen and oxygen atoms in total. The summed E-state index contributed by atoms with van der Waals surface area (Å²) >= 11 is 3.41. The summed E-state index contributed by atoms with van der Waals surface area (Å²) in [6, 6.07) is 7.74. The number of benzene rings is 1. The van der Waals surface area contributed by atoms with E-state index in [2.05, 4.69) is 31.3 Å². The largest absolute Gasteiger partial charge is 0.444 e. The van der Waals surface area contributed by atoms with Crippen molar-refractivity contribution in [1.82, 2.24) is 20.1 Å². The first-order valence-corrected chi connectivity index (χ1v) is 8.26. The lowest BCUT2D eigenvalue weighted by atomic mass is 10.2. The first-order chi connectivity index (χ1) is 11.5. The smallest absolute Gasteiger partial charge is 0.255 e. The molecular weight excluding hydrogens is 372 g/mol. The van der Waals surface area contributed by atoms with Crippen LogP contribution in [0.3, 0.4) is 0 Å². The highest BCUT2D eigenvalue weighted by atomic mass is 79.9. The molecule has 3 aromatic rings. The van der Waals surface area contributed by atoms with E-state index in [1.54, 1.807) is 10.9 Å². The van der Waals surface area contributed by atoms with Gasteiger partial charge in [-0.1, -0.05) is 15.9 Å². The van der Waals surface area contributed by atoms with Crippen LogP contribution in [0.1, 0.15) is 33.4 Å². The monoisotopic (exact) mass is 388 g/mol. The number of nitrogens with zero attached hydrogens (tertiary/aromatic N) is 3. The molecule has 0 aliphatic heterocycles. The van der Waals surface area contributed by atoms with Crippen LogP contribution < -0.4 is 5.32 Å². The molecule has 0 saturated carbocycles. The van der Waals surface area contributed by atoms with Crippen LogP contribution in [0.25, 0.3) is 5.69 Å². The number of nitrogens with one attached hydrogen (secondary N) is 1. The van der Waals surface area contributed by atoms with Gasteiger partial charge in [-0.2, -0.15) is 5.10 Å². The molecule has 0 fully saturated rings. The van der Waals surface area contributed by atoms with Gasteiger partial charge in [-0.3, -0.25) is 4.79 Å². The Morgan fingerprint density at radius 1 is 1.25 bits per heavy atom. The van der Waals surface area contributed by atoms with Gasteiger partial charge in [0, 0.05) is 4.47 Å². The number of amides is 1. The number of hydrogen-bond donors (Lipinski definition) is 1. The maximum absolute atomic E-state index is 12.4. The molecule has 0 aliphatic rings. The van der Waals surface area contributed by atoms with E-state index >= 15 is 0 Å². The summed E-state index contributed by atoms with van der Waals surface area (Å²) in [7, 11) is 0. The molecule has 0 bridgehead atoms. The molecular formula is C17H17BrN4O2. The predicted octanol–water partition coefficient (Wildman–Crippen LogP) is 3.48. The van der Waals surface area contributed by atoms with E-state index in [0.717, 1.165) is 27.3 Å². The number of oxazole rings is 1. The third-order valence-corrected chi connectivity index (χ3v) is 4.33. The standard InChI is InChI=1S/C17H17BrN4O2/c1-10-12(3)24-16(21-10)9-19-17(23)15-8-20-22(11(15)2)14-6-4-13(18)5-7-14/h4-8H,9H2,1-3H3,(H,19,23). The predicted molar refractivity (Wildman–Crippen MR) is 93.1 cm³/mol. The van der Waals surface area contributed by atoms with Crippen LogP contribution in [0, 0.1) is 20.8 Å². The zero-order chi connectivity index (χ0) is 17.3. The molecule has 2 heterocycles. The quantitative estimate of drug-likeness (QED) is 0.742. The van der Waals surface area contributed by atoms with Crippen LogP contribution in [0.15, 0.2) is 39.4 Å². The second-order valence-corrected chi connectivity index (χ2v) is 6.38. The lowest BCUT2D eigenvalue weighted by molar-refractivity contribution is 0.0946. The normalized spacial score (nSPS) is 10.8. The molecule has 124 valence electrons. The number of hydrogen-bond acceptors (Lipinski definition) is 4. The molecule has 0 unspecified atom stereocenters. The van der Waals surface area contributed by atoms with Gasteiger partial charge in [0.05, 0.1) is 35.4 Å². The lowest BCUT2D eigenvalue weighted by Crippen LogP contribution is -2.23. The molecule has 0 spiro atoms. The van der Waals surface area contributed by atoms with Crippen LogP contribution in [0.2, 0.25) is 0 Å². The van der Waals surface area contributed by atoms with Gasteiger partial charge in [0.1, 0.15) is 5.76 Å². The number of aryl methyl sites for hydroxylation is 2. The molecule has 3 rings (SSSR count). The van der Waals surface area contributed by atoms with Crippen molar-refractivity contribution < 1.29 is 9.21 Å². The third-order valence-electron chi connectivity index (χ3n) is 3.80. The molecule has 1 aromatic carbocycles. The van der Waals surface area contributed by atoms with Crippen molar-refractivity contribution in [1.29, 1.82) is 0 Å². The van der Waals surface area contributed by atoms with E-state index < -0.39 is 0 Å². The average Bonchev–Trinajstić information content (AvgIpc) is 3.09. The fourth-order valence-corrected chi connectivity index (χ4v) is 2.61. The minimum absolute atomic E-state index is 0.204. The van der Waals surface area contributed by atoms with Crippen LogP contribution in [0.5, 0.6) is 0 Å². The molecule has 1 N–H and O–H groups in total. The van der Waals surface area contributed by atoms with E-state index in [4.69, 9.17) is 4.42 Å². The van der Waals surface area contributed by atoms with Gasteiger partial charge in [-0.05, 0) is 45.0 Å². The third kappa shape index (κ3) is 3.26. The Balaban J connectivity index is 1.75. The summed E-state index contributed by atoms with van der Waals surface area (Å²) in [4.78, 5) is 16.6. The molecule has 1 amide bonds. The second-order valence-electron chi connectivity index (χ2n) is 5.46. The van der Waals surface area contributed by atoms with Crippen molar-refractivity contribution in [2.24, 2.45) is 0 Å². The number of carbonyl (C=O) groups is 1. The summed E-state index contributed by atoms with van der Waals surface area (Å²) in [6.45, 7) is 5.83. The first-order valence-electron chi connectivity index (χ1n) is 7.47. The van der Waals surface area contributed by atoms with Gasteiger partial charge >= 0.3 is 0 Å².